The van der Waals surface area contributed by atoms with Gasteiger partial charge >= 0.3 is 0 Å². The van der Waals surface area contributed by atoms with E-state index < -0.39 is 0 Å². The Morgan fingerprint density at radius 1 is 1.10 bits per heavy atom. The van der Waals surface area contributed by atoms with Gasteiger partial charge in [-0.1, -0.05) is 0 Å². The Morgan fingerprint density at radius 3 is 2.73 bits per heavy atom. The van der Waals surface area contributed by atoms with Crippen LogP contribution in [0.3, 0.4) is 0 Å². The van der Waals surface area contributed by atoms with Gasteiger partial charge in [0.05, 0.1) is 13.3 Å². The molecule has 30 heavy (non-hydrogen) atoms. The lowest BCUT2D eigenvalue weighted by atomic mass is 10.0. The zero-order chi connectivity index (χ0) is 20.8. The van der Waals surface area contributed by atoms with E-state index in [0.29, 0.717) is 31.0 Å². The second-order valence-corrected chi connectivity index (χ2v) is 7.47. The summed E-state index contributed by atoms with van der Waals surface area (Å²) in [5, 5.41) is 9.37. The maximum absolute atomic E-state index is 13.1. The molecule has 5 heterocycles. The van der Waals surface area contributed by atoms with Crippen LogP contribution in [0.25, 0.3) is 22.2 Å². The zero-order valence-corrected chi connectivity index (χ0v) is 17.0. The van der Waals surface area contributed by atoms with Crippen molar-refractivity contribution >= 4 is 16.9 Å². The summed E-state index contributed by atoms with van der Waals surface area (Å²) in [4.78, 5) is 24.2. The highest BCUT2D eigenvalue weighted by Gasteiger charge is 2.27. The molecular weight excluding hydrogens is 382 g/mol. The number of amides is 1. The number of ether oxygens (including phenoxy) is 1. The number of hydrogen-bond donors (Lipinski definition) is 0. The third-order valence-electron chi connectivity index (χ3n) is 5.36. The lowest BCUT2D eigenvalue weighted by Gasteiger charge is -2.28. The van der Waals surface area contributed by atoms with Gasteiger partial charge in [-0.05, 0) is 17.7 Å². The second kappa shape index (κ2) is 6.94. The molecule has 0 saturated heterocycles. The van der Waals surface area contributed by atoms with Crippen LogP contribution in [0.2, 0.25) is 0 Å². The maximum Gasteiger partial charge on any atom is 0.261 e. The average molecular weight is 403 g/mol. The van der Waals surface area contributed by atoms with E-state index in [0.717, 1.165) is 33.4 Å². The molecule has 1 amide bonds. The molecule has 9 heteroatoms. The van der Waals surface area contributed by atoms with Crippen LogP contribution in [0.15, 0.2) is 36.9 Å². The van der Waals surface area contributed by atoms with Crippen LogP contribution < -0.4 is 4.74 Å². The molecule has 0 radical (unpaired) electrons. The smallest absolute Gasteiger partial charge is 0.261 e. The Bertz CT molecular complexity index is 1270. The lowest BCUT2D eigenvalue weighted by molar-refractivity contribution is 0.0730. The highest BCUT2D eigenvalue weighted by molar-refractivity contribution is 5.96. The van der Waals surface area contributed by atoms with Crippen LogP contribution in [-0.2, 0) is 27.1 Å². The largest absolute Gasteiger partial charge is 0.479 e. The molecule has 5 rings (SSSR count). The topological polar surface area (TPSA) is 91.0 Å². The van der Waals surface area contributed by atoms with E-state index in [1.807, 2.05) is 30.5 Å². The van der Waals surface area contributed by atoms with Crippen molar-refractivity contribution in [2.45, 2.75) is 13.0 Å². The van der Waals surface area contributed by atoms with Gasteiger partial charge in [-0.3, -0.25) is 14.2 Å². The molecule has 0 atom stereocenters. The van der Waals surface area contributed by atoms with Crippen molar-refractivity contribution in [3.8, 4) is 17.0 Å². The minimum atomic E-state index is -0.0899. The van der Waals surface area contributed by atoms with Crippen LogP contribution in [0.5, 0.6) is 5.88 Å². The number of aryl methyl sites for hydroxylation is 2. The van der Waals surface area contributed by atoms with Gasteiger partial charge in [0.2, 0.25) is 5.88 Å². The standard InChI is InChI=1S/C21H21N7O2/c1-26-10-16(9-23-26)14-6-13-7-15-11-28(5-4-18(15)24-19(13)22-8-14)21(29)17-12-27(2)25-20(17)30-3/h6-10,12H,4-5,11H2,1-3H3. The summed E-state index contributed by atoms with van der Waals surface area (Å²) >= 11 is 0. The highest BCUT2D eigenvalue weighted by atomic mass is 16.5. The Labute approximate surface area is 172 Å². The van der Waals surface area contributed by atoms with Gasteiger partial charge in [-0.25, -0.2) is 9.97 Å². The molecule has 0 unspecified atom stereocenters. The molecule has 0 bridgehead atoms. The first kappa shape index (κ1) is 18.3. The van der Waals surface area contributed by atoms with Crippen LogP contribution in [0.4, 0.5) is 0 Å². The van der Waals surface area contributed by atoms with Gasteiger partial charge in [0, 0.05) is 74.4 Å². The fraction of sp³-hybridized carbons (Fsp3) is 0.286. The van der Waals surface area contributed by atoms with Crippen molar-refractivity contribution in [2.75, 3.05) is 13.7 Å². The molecule has 9 nitrogen and oxygen atoms in total. The molecule has 1 aliphatic heterocycles. The first-order chi connectivity index (χ1) is 14.5. The molecule has 4 aromatic heterocycles. The number of aromatic nitrogens is 6. The SMILES string of the molecule is COc1nn(C)cc1C(=O)N1CCc2nc3ncc(-c4cnn(C)c4)cc3cc2C1. The minimum Gasteiger partial charge on any atom is -0.479 e. The Hall–Kier alpha value is -3.75. The van der Waals surface area contributed by atoms with E-state index in [1.165, 1.54) is 7.11 Å². The predicted octanol–water partition coefficient (Wildman–Crippen LogP) is 1.97. The number of rotatable bonds is 3. The zero-order valence-electron chi connectivity index (χ0n) is 17.0. The van der Waals surface area contributed by atoms with Gasteiger partial charge in [0.1, 0.15) is 5.56 Å². The summed E-state index contributed by atoms with van der Waals surface area (Å²) in [5.41, 5.74) is 5.21. The molecule has 4 aromatic rings. The summed E-state index contributed by atoms with van der Waals surface area (Å²) < 4.78 is 8.61. The lowest BCUT2D eigenvalue weighted by Crippen LogP contribution is -2.36. The van der Waals surface area contributed by atoms with Gasteiger partial charge in [0.25, 0.3) is 5.91 Å². The molecule has 1 aliphatic rings. The summed E-state index contributed by atoms with van der Waals surface area (Å²) in [6.07, 6.45) is 7.98. The number of hydrogen-bond acceptors (Lipinski definition) is 6. The van der Waals surface area contributed by atoms with E-state index in [1.54, 1.807) is 22.6 Å². The number of nitrogens with zero attached hydrogens (tertiary/aromatic N) is 7. The third kappa shape index (κ3) is 3.08. The molecule has 0 aromatic carbocycles. The first-order valence-corrected chi connectivity index (χ1v) is 9.66. The Balaban J connectivity index is 1.47. The van der Waals surface area contributed by atoms with E-state index in [9.17, 15) is 4.79 Å². The van der Waals surface area contributed by atoms with Crippen molar-refractivity contribution in [2.24, 2.45) is 14.1 Å². The van der Waals surface area contributed by atoms with Crippen molar-refractivity contribution in [1.29, 1.82) is 0 Å². The predicted molar refractivity (Wildman–Crippen MR) is 110 cm³/mol. The third-order valence-corrected chi connectivity index (χ3v) is 5.36. The van der Waals surface area contributed by atoms with Crippen LogP contribution in [-0.4, -0.2) is 54.0 Å². The summed E-state index contributed by atoms with van der Waals surface area (Å²) in [6, 6.07) is 4.15. The van der Waals surface area contributed by atoms with Crippen molar-refractivity contribution < 1.29 is 9.53 Å². The first-order valence-electron chi connectivity index (χ1n) is 9.66. The van der Waals surface area contributed by atoms with Gasteiger partial charge in [-0.2, -0.15) is 5.10 Å². The fourth-order valence-corrected chi connectivity index (χ4v) is 3.86. The quantitative estimate of drug-likeness (QED) is 0.519. The van der Waals surface area contributed by atoms with Crippen molar-refractivity contribution in [3.05, 3.63) is 53.7 Å². The molecule has 0 N–H and O–H groups in total. The summed E-state index contributed by atoms with van der Waals surface area (Å²) in [5.74, 6) is 0.253. The molecule has 0 spiro atoms. The van der Waals surface area contributed by atoms with E-state index in [4.69, 9.17) is 9.72 Å². The highest BCUT2D eigenvalue weighted by Crippen LogP contribution is 2.27. The molecule has 0 aliphatic carbocycles. The Morgan fingerprint density at radius 2 is 1.97 bits per heavy atom. The van der Waals surface area contributed by atoms with Gasteiger partial charge in [0.15, 0.2) is 5.65 Å². The number of carbonyl (C=O) groups is 1. The normalized spacial score (nSPS) is 13.5. The van der Waals surface area contributed by atoms with E-state index in [-0.39, 0.29) is 5.91 Å². The monoisotopic (exact) mass is 403 g/mol. The second-order valence-electron chi connectivity index (χ2n) is 7.47. The molecule has 0 fully saturated rings. The molecule has 152 valence electrons. The van der Waals surface area contributed by atoms with Crippen molar-refractivity contribution in [3.63, 3.8) is 0 Å². The number of methoxy groups -OCH3 is 1. The van der Waals surface area contributed by atoms with E-state index >= 15 is 0 Å². The minimum absolute atomic E-state index is 0.0899. The fourth-order valence-electron chi connectivity index (χ4n) is 3.86. The van der Waals surface area contributed by atoms with Gasteiger partial charge in [-0.15, -0.1) is 5.10 Å². The molecule has 0 saturated carbocycles. The summed E-state index contributed by atoms with van der Waals surface area (Å²) in [6.45, 7) is 1.09. The maximum atomic E-state index is 13.1. The Kier molecular flexibility index (Phi) is 4.23. The van der Waals surface area contributed by atoms with Crippen LogP contribution in [0, 0.1) is 0 Å². The van der Waals surface area contributed by atoms with Crippen LogP contribution >= 0.6 is 0 Å². The average Bonchev–Trinajstić information content (AvgIpc) is 3.36. The van der Waals surface area contributed by atoms with Crippen molar-refractivity contribution in [1.82, 2.24) is 34.4 Å². The van der Waals surface area contributed by atoms with Crippen LogP contribution in [0.1, 0.15) is 21.6 Å². The number of carbonyl (C=O) groups excluding carboxylic acids is 1. The number of fused-ring (bicyclic) bond motifs is 2. The summed E-state index contributed by atoms with van der Waals surface area (Å²) in [7, 11) is 5.18. The van der Waals surface area contributed by atoms with E-state index in [2.05, 4.69) is 27.3 Å². The van der Waals surface area contributed by atoms with Gasteiger partial charge < -0.3 is 9.64 Å². The number of pyridine rings is 2. The molecular formula is C21H21N7O2.